The van der Waals surface area contributed by atoms with Gasteiger partial charge in [-0.2, -0.15) is 0 Å². The SMILES string of the molecule is CCC(=O)N1c2ccccc2CC1C(=O)NCCC1=CCCCC1. The summed E-state index contributed by atoms with van der Waals surface area (Å²) in [6.45, 7) is 2.50. The van der Waals surface area contributed by atoms with E-state index in [1.165, 1.54) is 24.8 Å². The third-order valence-corrected chi connectivity index (χ3v) is 4.98. The summed E-state index contributed by atoms with van der Waals surface area (Å²) in [5.74, 6) is -0.0282. The van der Waals surface area contributed by atoms with Crippen molar-refractivity contribution in [3.8, 4) is 0 Å². The summed E-state index contributed by atoms with van der Waals surface area (Å²) in [6, 6.07) is 7.41. The van der Waals surface area contributed by atoms with Crippen molar-refractivity contribution in [1.82, 2.24) is 5.32 Å². The summed E-state index contributed by atoms with van der Waals surface area (Å²) in [5.41, 5.74) is 3.42. The topological polar surface area (TPSA) is 49.4 Å². The monoisotopic (exact) mass is 326 g/mol. The minimum absolute atomic E-state index is 0.00934. The van der Waals surface area contributed by atoms with Gasteiger partial charge in [0, 0.05) is 25.1 Å². The molecular formula is C20H26N2O2. The molecule has 1 aromatic rings. The van der Waals surface area contributed by atoms with Crippen molar-refractivity contribution in [1.29, 1.82) is 0 Å². The molecule has 0 spiro atoms. The Kier molecular flexibility index (Phi) is 5.34. The van der Waals surface area contributed by atoms with Crippen LogP contribution in [0.1, 0.15) is 51.0 Å². The van der Waals surface area contributed by atoms with E-state index < -0.39 is 6.04 Å². The van der Waals surface area contributed by atoms with Crippen molar-refractivity contribution >= 4 is 17.5 Å². The second kappa shape index (κ2) is 7.65. The summed E-state index contributed by atoms with van der Waals surface area (Å²) >= 11 is 0. The van der Waals surface area contributed by atoms with Crippen molar-refractivity contribution < 1.29 is 9.59 Å². The van der Waals surface area contributed by atoms with Crippen molar-refractivity contribution in [2.75, 3.05) is 11.4 Å². The molecule has 0 saturated heterocycles. The molecule has 0 bridgehead atoms. The quantitative estimate of drug-likeness (QED) is 0.844. The van der Waals surface area contributed by atoms with E-state index in [1.807, 2.05) is 31.2 Å². The third-order valence-electron chi connectivity index (χ3n) is 4.98. The molecule has 2 amide bonds. The molecule has 1 aliphatic heterocycles. The first-order valence-electron chi connectivity index (χ1n) is 9.06. The van der Waals surface area contributed by atoms with Gasteiger partial charge in [-0.25, -0.2) is 0 Å². The first kappa shape index (κ1) is 16.7. The number of fused-ring (bicyclic) bond motifs is 1. The van der Waals surface area contributed by atoms with Crippen LogP contribution < -0.4 is 10.2 Å². The number of benzene rings is 1. The largest absolute Gasteiger partial charge is 0.354 e. The second-order valence-corrected chi connectivity index (χ2v) is 6.62. The molecular weight excluding hydrogens is 300 g/mol. The standard InChI is InChI=1S/C20H26N2O2/c1-2-19(23)22-17-11-7-6-10-16(17)14-18(22)20(24)21-13-12-15-8-4-3-5-9-15/h6-8,10-11,18H,2-5,9,12-14H2,1H3,(H,21,24). The van der Waals surface area contributed by atoms with Crippen LogP contribution in [0.5, 0.6) is 0 Å². The van der Waals surface area contributed by atoms with Gasteiger partial charge in [0.05, 0.1) is 0 Å². The van der Waals surface area contributed by atoms with E-state index in [0.717, 1.165) is 24.1 Å². The zero-order valence-corrected chi connectivity index (χ0v) is 14.4. The Morgan fingerprint density at radius 2 is 2.08 bits per heavy atom. The molecule has 4 nitrogen and oxygen atoms in total. The van der Waals surface area contributed by atoms with Gasteiger partial charge in [0.1, 0.15) is 6.04 Å². The number of carbonyl (C=O) groups excluding carboxylic acids is 2. The van der Waals surface area contributed by atoms with E-state index >= 15 is 0 Å². The molecule has 2 aliphatic rings. The lowest BCUT2D eigenvalue weighted by atomic mass is 9.97. The van der Waals surface area contributed by atoms with E-state index in [-0.39, 0.29) is 11.8 Å². The molecule has 1 unspecified atom stereocenters. The van der Waals surface area contributed by atoms with E-state index in [1.54, 1.807) is 4.90 Å². The molecule has 0 radical (unpaired) electrons. The molecule has 128 valence electrons. The maximum atomic E-state index is 12.7. The molecule has 1 heterocycles. The fourth-order valence-corrected chi connectivity index (χ4v) is 3.67. The van der Waals surface area contributed by atoms with E-state index in [9.17, 15) is 9.59 Å². The molecule has 1 N–H and O–H groups in total. The van der Waals surface area contributed by atoms with Crippen LogP contribution in [0.3, 0.4) is 0 Å². The third kappa shape index (κ3) is 3.53. The van der Waals surface area contributed by atoms with Crippen LogP contribution in [-0.4, -0.2) is 24.4 Å². The van der Waals surface area contributed by atoms with Crippen LogP contribution in [0.2, 0.25) is 0 Å². The Bertz CT molecular complexity index is 651. The molecule has 0 saturated carbocycles. The van der Waals surface area contributed by atoms with E-state index in [2.05, 4.69) is 11.4 Å². The highest BCUT2D eigenvalue weighted by molar-refractivity contribution is 6.03. The fraction of sp³-hybridized carbons (Fsp3) is 0.500. The van der Waals surface area contributed by atoms with Crippen LogP contribution in [0.15, 0.2) is 35.9 Å². The minimum Gasteiger partial charge on any atom is -0.354 e. The normalized spacial score (nSPS) is 19.6. The highest BCUT2D eigenvalue weighted by atomic mass is 16.2. The number of para-hydroxylation sites is 1. The maximum Gasteiger partial charge on any atom is 0.243 e. The molecule has 0 aromatic heterocycles. The Morgan fingerprint density at radius 3 is 2.83 bits per heavy atom. The number of nitrogens with zero attached hydrogens (tertiary/aromatic N) is 1. The zero-order chi connectivity index (χ0) is 16.9. The lowest BCUT2D eigenvalue weighted by molar-refractivity contribution is -0.126. The summed E-state index contributed by atoms with van der Waals surface area (Å²) in [5, 5.41) is 3.04. The van der Waals surface area contributed by atoms with Crippen LogP contribution >= 0.6 is 0 Å². The van der Waals surface area contributed by atoms with Crippen molar-refractivity contribution in [3.63, 3.8) is 0 Å². The van der Waals surface area contributed by atoms with Crippen LogP contribution in [0.25, 0.3) is 0 Å². The van der Waals surface area contributed by atoms with Gasteiger partial charge in [-0.15, -0.1) is 0 Å². The number of carbonyl (C=O) groups is 2. The Hall–Kier alpha value is -2.10. The number of hydrogen-bond donors (Lipinski definition) is 1. The Labute approximate surface area is 143 Å². The van der Waals surface area contributed by atoms with Crippen LogP contribution in [-0.2, 0) is 16.0 Å². The zero-order valence-electron chi connectivity index (χ0n) is 14.4. The van der Waals surface area contributed by atoms with Gasteiger partial charge in [0.2, 0.25) is 11.8 Å². The van der Waals surface area contributed by atoms with E-state index in [0.29, 0.717) is 19.4 Å². The number of amides is 2. The summed E-state index contributed by atoms with van der Waals surface area (Å²) in [6.07, 6.45) is 9.12. The van der Waals surface area contributed by atoms with Gasteiger partial charge >= 0.3 is 0 Å². The summed E-state index contributed by atoms with van der Waals surface area (Å²) < 4.78 is 0. The van der Waals surface area contributed by atoms with Crippen molar-refractivity contribution in [2.24, 2.45) is 0 Å². The van der Waals surface area contributed by atoms with Crippen molar-refractivity contribution in [2.45, 2.75) is 57.9 Å². The van der Waals surface area contributed by atoms with Gasteiger partial charge in [0.15, 0.2) is 0 Å². The molecule has 24 heavy (non-hydrogen) atoms. The summed E-state index contributed by atoms with van der Waals surface area (Å²) in [7, 11) is 0. The number of nitrogens with one attached hydrogen (secondary N) is 1. The highest BCUT2D eigenvalue weighted by Gasteiger charge is 2.37. The number of anilines is 1. The minimum atomic E-state index is -0.407. The average Bonchev–Trinajstić information content (AvgIpc) is 3.01. The van der Waals surface area contributed by atoms with Crippen LogP contribution in [0.4, 0.5) is 5.69 Å². The smallest absolute Gasteiger partial charge is 0.243 e. The van der Waals surface area contributed by atoms with Gasteiger partial charge < -0.3 is 5.32 Å². The Morgan fingerprint density at radius 1 is 1.25 bits per heavy atom. The number of rotatable bonds is 5. The van der Waals surface area contributed by atoms with Crippen LogP contribution in [0, 0.1) is 0 Å². The number of hydrogen-bond acceptors (Lipinski definition) is 2. The molecule has 3 rings (SSSR count). The first-order chi connectivity index (χ1) is 11.7. The second-order valence-electron chi connectivity index (χ2n) is 6.62. The van der Waals surface area contributed by atoms with Gasteiger partial charge in [-0.05, 0) is 43.7 Å². The molecule has 1 aliphatic carbocycles. The lowest BCUT2D eigenvalue weighted by Crippen LogP contribution is -2.48. The predicted octanol–water partition coefficient (Wildman–Crippen LogP) is 3.36. The number of allylic oxidation sites excluding steroid dienone is 1. The lowest BCUT2D eigenvalue weighted by Gasteiger charge is -2.24. The molecule has 1 atom stereocenters. The fourth-order valence-electron chi connectivity index (χ4n) is 3.67. The molecule has 0 fully saturated rings. The van der Waals surface area contributed by atoms with Crippen molar-refractivity contribution in [3.05, 3.63) is 41.5 Å². The predicted molar refractivity (Wildman–Crippen MR) is 95.9 cm³/mol. The summed E-state index contributed by atoms with van der Waals surface area (Å²) in [4.78, 5) is 26.7. The Balaban J connectivity index is 1.63. The van der Waals surface area contributed by atoms with Gasteiger partial charge in [-0.3, -0.25) is 14.5 Å². The van der Waals surface area contributed by atoms with Gasteiger partial charge in [0.25, 0.3) is 0 Å². The average molecular weight is 326 g/mol. The van der Waals surface area contributed by atoms with Gasteiger partial charge in [-0.1, -0.05) is 36.8 Å². The maximum absolute atomic E-state index is 12.7. The first-order valence-corrected chi connectivity index (χ1v) is 9.06. The molecule has 4 heteroatoms. The highest BCUT2D eigenvalue weighted by Crippen LogP contribution is 2.32. The van der Waals surface area contributed by atoms with E-state index in [4.69, 9.17) is 0 Å². The molecule has 1 aromatic carbocycles.